The molecule has 0 aliphatic heterocycles. The number of carbonyl (C=O) groups excluding carboxylic acids is 2. The van der Waals surface area contributed by atoms with Gasteiger partial charge in [0.25, 0.3) is 0 Å². The third-order valence-corrected chi connectivity index (χ3v) is 1.60. The average Bonchev–Trinajstić information content (AvgIpc) is 2.10. The van der Waals surface area contributed by atoms with E-state index < -0.39 is 23.7 Å². The van der Waals surface area contributed by atoms with Crippen molar-refractivity contribution < 1.29 is 19.1 Å². The van der Waals surface area contributed by atoms with Crippen molar-refractivity contribution in [2.24, 2.45) is 0 Å². The van der Waals surface area contributed by atoms with Gasteiger partial charge in [0, 0.05) is 5.75 Å². The SMILES string of the molecule is C[C@H](NC(=O)OC(C)(C)C)C(=O)OCCS. The molecule has 0 aliphatic carbocycles. The molecular weight excluding hydrogens is 230 g/mol. The van der Waals surface area contributed by atoms with Crippen molar-refractivity contribution in [3.63, 3.8) is 0 Å². The fourth-order valence-electron chi connectivity index (χ4n) is 0.814. The van der Waals surface area contributed by atoms with E-state index in [0.717, 1.165) is 0 Å². The second-order valence-electron chi connectivity index (χ2n) is 4.26. The van der Waals surface area contributed by atoms with Crippen LogP contribution in [0.3, 0.4) is 0 Å². The van der Waals surface area contributed by atoms with Gasteiger partial charge in [-0.05, 0) is 27.7 Å². The minimum Gasteiger partial charge on any atom is -0.463 e. The van der Waals surface area contributed by atoms with E-state index in [2.05, 4.69) is 17.9 Å². The normalized spacial score (nSPS) is 12.8. The minimum absolute atomic E-state index is 0.224. The van der Waals surface area contributed by atoms with Crippen molar-refractivity contribution in [2.75, 3.05) is 12.4 Å². The zero-order valence-electron chi connectivity index (χ0n) is 10.1. The van der Waals surface area contributed by atoms with Crippen LogP contribution in [0, 0.1) is 0 Å². The number of thiol groups is 1. The lowest BCUT2D eigenvalue weighted by Crippen LogP contribution is -2.42. The molecule has 0 radical (unpaired) electrons. The van der Waals surface area contributed by atoms with Crippen molar-refractivity contribution in [3.8, 4) is 0 Å². The van der Waals surface area contributed by atoms with Gasteiger partial charge in [-0.15, -0.1) is 0 Å². The summed E-state index contributed by atoms with van der Waals surface area (Å²) in [5.74, 6) is -0.0508. The number of alkyl carbamates (subject to hydrolysis) is 1. The number of carbonyl (C=O) groups is 2. The smallest absolute Gasteiger partial charge is 0.408 e. The van der Waals surface area contributed by atoms with Crippen molar-refractivity contribution >= 4 is 24.7 Å². The number of esters is 1. The van der Waals surface area contributed by atoms with Crippen LogP contribution in [0.25, 0.3) is 0 Å². The first-order valence-electron chi connectivity index (χ1n) is 5.03. The Labute approximate surface area is 101 Å². The van der Waals surface area contributed by atoms with Crippen molar-refractivity contribution in [2.45, 2.75) is 39.3 Å². The van der Waals surface area contributed by atoms with Gasteiger partial charge in [-0.2, -0.15) is 12.6 Å². The van der Waals surface area contributed by atoms with Gasteiger partial charge in [0.05, 0.1) is 0 Å². The van der Waals surface area contributed by atoms with Crippen LogP contribution < -0.4 is 5.32 Å². The molecule has 0 spiro atoms. The maximum absolute atomic E-state index is 11.3. The largest absolute Gasteiger partial charge is 0.463 e. The molecule has 0 saturated heterocycles. The number of rotatable bonds is 4. The van der Waals surface area contributed by atoms with E-state index in [1.54, 1.807) is 20.8 Å². The van der Waals surface area contributed by atoms with Crippen molar-refractivity contribution in [3.05, 3.63) is 0 Å². The minimum atomic E-state index is -0.727. The zero-order chi connectivity index (χ0) is 12.8. The molecule has 0 aromatic carbocycles. The quantitative estimate of drug-likeness (QED) is 0.583. The van der Waals surface area contributed by atoms with E-state index in [1.165, 1.54) is 6.92 Å². The zero-order valence-corrected chi connectivity index (χ0v) is 11.0. The molecule has 16 heavy (non-hydrogen) atoms. The third kappa shape index (κ3) is 7.39. The molecule has 0 bridgehead atoms. The van der Waals surface area contributed by atoms with E-state index in [9.17, 15) is 9.59 Å². The van der Waals surface area contributed by atoms with Crippen LogP contribution in [-0.4, -0.2) is 36.1 Å². The van der Waals surface area contributed by atoms with Gasteiger partial charge in [0.15, 0.2) is 0 Å². The maximum Gasteiger partial charge on any atom is 0.408 e. The van der Waals surface area contributed by atoms with Gasteiger partial charge in [0.1, 0.15) is 18.2 Å². The average molecular weight is 249 g/mol. The molecule has 0 rings (SSSR count). The predicted octanol–water partition coefficient (Wildman–Crippen LogP) is 1.37. The number of amides is 1. The number of hydrogen-bond donors (Lipinski definition) is 2. The Bertz CT molecular complexity index is 250. The van der Waals surface area contributed by atoms with Crippen LogP contribution in [0.4, 0.5) is 4.79 Å². The topological polar surface area (TPSA) is 64.6 Å². The van der Waals surface area contributed by atoms with Crippen molar-refractivity contribution in [1.29, 1.82) is 0 Å². The Hall–Kier alpha value is -0.910. The summed E-state index contributed by atoms with van der Waals surface area (Å²) in [7, 11) is 0. The molecular formula is C10H19NO4S. The Morgan fingerprint density at radius 3 is 2.38 bits per heavy atom. The van der Waals surface area contributed by atoms with Gasteiger partial charge in [-0.1, -0.05) is 0 Å². The maximum atomic E-state index is 11.3. The highest BCUT2D eigenvalue weighted by molar-refractivity contribution is 7.80. The molecule has 5 nitrogen and oxygen atoms in total. The van der Waals surface area contributed by atoms with Crippen LogP contribution in [0.5, 0.6) is 0 Å². The molecule has 94 valence electrons. The first-order chi connectivity index (χ1) is 7.26. The summed E-state index contributed by atoms with van der Waals surface area (Å²) < 4.78 is 9.79. The van der Waals surface area contributed by atoms with E-state index in [0.29, 0.717) is 5.75 Å². The van der Waals surface area contributed by atoms with Crippen LogP contribution in [0.15, 0.2) is 0 Å². The van der Waals surface area contributed by atoms with Crippen molar-refractivity contribution in [1.82, 2.24) is 5.32 Å². The first kappa shape index (κ1) is 15.1. The standard InChI is InChI=1S/C10H19NO4S/c1-7(8(12)14-5-6-16)11-9(13)15-10(2,3)4/h7,16H,5-6H2,1-4H3,(H,11,13)/t7-/m0/s1. The molecule has 0 heterocycles. The lowest BCUT2D eigenvalue weighted by Gasteiger charge is -2.21. The van der Waals surface area contributed by atoms with Gasteiger partial charge < -0.3 is 14.8 Å². The molecule has 0 saturated carbocycles. The Morgan fingerprint density at radius 1 is 1.38 bits per heavy atom. The molecule has 6 heteroatoms. The predicted molar refractivity (Wildman–Crippen MR) is 63.6 cm³/mol. The van der Waals surface area contributed by atoms with E-state index in [1.807, 2.05) is 0 Å². The fourth-order valence-corrected chi connectivity index (χ4v) is 0.906. The Morgan fingerprint density at radius 2 is 1.94 bits per heavy atom. The lowest BCUT2D eigenvalue weighted by molar-refractivity contribution is -0.145. The summed E-state index contributed by atoms with van der Waals surface area (Å²) in [6.07, 6.45) is -0.636. The fraction of sp³-hybridized carbons (Fsp3) is 0.800. The summed E-state index contributed by atoms with van der Waals surface area (Å²) in [5.41, 5.74) is -0.585. The number of hydrogen-bond acceptors (Lipinski definition) is 5. The van der Waals surface area contributed by atoms with Crippen LogP contribution in [0.2, 0.25) is 0 Å². The highest BCUT2D eigenvalue weighted by Crippen LogP contribution is 2.06. The summed E-state index contributed by atoms with van der Waals surface area (Å²) in [6, 6.07) is -0.727. The number of ether oxygens (including phenoxy) is 2. The van der Waals surface area contributed by atoms with E-state index in [-0.39, 0.29) is 6.61 Å². The van der Waals surface area contributed by atoms with Crippen LogP contribution in [0.1, 0.15) is 27.7 Å². The molecule has 0 aliphatic rings. The summed E-state index contributed by atoms with van der Waals surface area (Å²) in [5, 5.41) is 2.38. The number of nitrogens with one attached hydrogen (secondary N) is 1. The van der Waals surface area contributed by atoms with Gasteiger partial charge in [-0.25, -0.2) is 9.59 Å². The van der Waals surface area contributed by atoms with Crippen LogP contribution >= 0.6 is 12.6 Å². The van der Waals surface area contributed by atoms with E-state index >= 15 is 0 Å². The highest BCUT2D eigenvalue weighted by Gasteiger charge is 2.21. The summed E-state index contributed by atoms with van der Waals surface area (Å²) in [4.78, 5) is 22.6. The molecule has 0 fully saturated rings. The lowest BCUT2D eigenvalue weighted by atomic mass is 10.2. The second kappa shape index (κ2) is 6.62. The molecule has 0 aromatic heterocycles. The van der Waals surface area contributed by atoms with Gasteiger partial charge in [0.2, 0.25) is 0 Å². The Balaban J connectivity index is 3.99. The van der Waals surface area contributed by atoms with Gasteiger partial charge in [-0.3, -0.25) is 0 Å². The monoisotopic (exact) mass is 249 g/mol. The molecule has 0 aromatic rings. The Kier molecular flexibility index (Phi) is 6.25. The first-order valence-corrected chi connectivity index (χ1v) is 5.66. The summed E-state index contributed by atoms with van der Waals surface area (Å²) >= 11 is 3.90. The van der Waals surface area contributed by atoms with Gasteiger partial charge >= 0.3 is 12.1 Å². The molecule has 1 N–H and O–H groups in total. The van der Waals surface area contributed by atoms with Crippen LogP contribution in [-0.2, 0) is 14.3 Å². The molecule has 1 amide bonds. The highest BCUT2D eigenvalue weighted by atomic mass is 32.1. The molecule has 0 unspecified atom stereocenters. The molecule has 1 atom stereocenters. The third-order valence-electron chi connectivity index (χ3n) is 1.42. The summed E-state index contributed by atoms with van der Waals surface area (Å²) in [6.45, 7) is 7.00. The second-order valence-corrected chi connectivity index (χ2v) is 4.71. The van der Waals surface area contributed by atoms with E-state index in [4.69, 9.17) is 9.47 Å².